The molecule has 0 aliphatic carbocycles. The molecule has 0 aliphatic rings. The molecule has 0 fully saturated rings. The number of rotatable bonds is 6. The van der Waals surface area contributed by atoms with Gasteiger partial charge in [0.1, 0.15) is 18.8 Å². The molecule has 0 saturated heterocycles. The fourth-order valence-electron chi connectivity index (χ4n) is 1.00. The molecule has 0 spiro atoms. The van der Waals surface area contributed by atoms with Crippen molar-refractivity contribution >= 4 is 12.1 Å². The zero-order valence-electron chi connectivity index (χ0n) is 11.6. The Bertz CT molecular complexity index is 292. The van der Waals surface area contributed by atoms with Gasteiger partial charge in [0.15, 0.2) is 0 Å². The van der Waals surface area contributed by atoms with Crippen molar-refractivity contribution in [3.63, 3.8) is 0 Å². The second-order valence-corrected chi connectivity index (χ2v) is 4.80. The predicted molar refractivity (Wildman–Crippen MR) is 69.2 cm³/mol. The van der Waals surface area contributed by atoms with E-state index in [-0.39, 0.29) is 13.2 Å². The monoisotopic (exact) mass is 257 g/mol. The number of amides is 1. The Morgan fingerprint density at radius 2 is 1.89 bits per heavy atom. The number of ether oxygens (including phenoxy) is 2. The maximum absolute atomic E-state index is 11.2. The van der Waals surface area contributed by atoms with E-state index < -0.39 is 17.7 Å². The molecular weight excluding hydrogens is 234 g/mol. The van der Waals surface area contributed by atoms with E-state index >= 15 is 0 Å². The average molecular weight is 257 g/mol. The minimum Gasteiger partial charge on any atom is -0.460 e. The van der Waals surface area contributed by atoms with Crippen LogP contribution < -0.4 is 5.32 Å². The van der Waals surface area contributed by atoms with Crippen molar-refractivity contribution in [2.45, 2.75) is 46.1 Å². The van der Waals surface area contributed by atoms with Crippen LogP contribution in [0.15, 0.2) is 12.2 Å². The minimum atomic E-state index is -0.624. The van der Waals surface area contributed by atoms with E-state index in [4.69, 9.17) is 9.47 Å². The SMILES string of the molecule is CCC/C=C/COC(=O)CNC(=O)OC(C)(C)C. The highest BCUT2D eigenvalue weighted by Crippen LogP contribution is 2.06. The molecule has 5 nitrogen and oxygen atoms in total. The zero-order valence-corrected chi connectivity index (χ0v) is 11.6. The van der Waals surface area contributed by atoms with Crippen molar-refractivity contribution in [1.82, 2.24) is 5.32 Å². The maximum Gasteiger partial charge on any atom is 0.408 e. The van der Waals surface area contributed by atoms with Crippen LogP contribution in [0.3, 0.4) is 0 Å². The Morgan fingerprint density at radius 1 is 1.22 bits per heavy atom. The first kappa shape index (κ1) is 16.5. The summed E-state index contributed by atoms with van der Waals surface area (Å²) in [5.41, 5.74) is -0.573. The third kappa shape index (κ3) is 11.0. The molecule has 0 bridgehead atoms. The van der Waals surface area contributed by atoms with Crippen molar-refractivity contribution < 1.29 is 19.1 Å². The second-order valence-electron chi connectivity index (χ2n) is 4.80. The highest BCUT2D eigenvalue weighted by atomic mass is 16.6. The van der Waals surface area contributed by atoms with E-state index in [1.54, 1.807) is 26.8 Å². The average Bonchev–Trinajstić information content (AvgIpc) is 2.24. The molecule has 104 valence electrons. The van der Waals surface area contributed by atoms with Crippen LogP contribution >= 0.6 is 0 Å². The van der Waals surface area contributed by atoms with E-state index in [0.717, 1.165) is 12.8 Å². The van der Waals surface area contributed by atoms with Gasteiger partial charge in [0.25, 0.3) is 0 Å². The van der Waals surface area contributed by atoms with E-state index in [1.165, 1.54) is 0 Å². The van der Waals surface area contributed by atoms with Crippen molar-refractivity contribution in [3.05, 3.63) is 12.2 Å². The molecule has 0 radical (unpaired) electrons. The van der Waals surface area contributed by atoms with Crippen LogP contribution in [-0.4, -0.2) is 30.8 Å². The number of carbonyl (C=O) groups is 2. The third-order valence-electron chi connectivity index (χ3n) is 1.74. The van der Waals surface area contributed by atoms with E-state index in [9.17, 15) is 9.59 Å². The van der Waals surface area contributed by atoms with Gasteiger partial charge in [-0.1, -0.05) is 25.5 Å². The van der Waals surface area contributed by atoms with E-state index in [2.05, 4.69) is 12.2 Å². The van der Waals surface area contributed by atoms with Gasteiger partial charge in [-0.2, -0.15) is 0 Å². The third-order valence-corrected chi connectivity index (χ3v) is 1.74. The van der Waals surface area contributed by atoms with Crippen LogP contribution in [0.4, 0.5) is 4.79 Å². The Balaban J connectivity index is 3.68. The number of unbranched alkanes of at least 4 members (excludes halogenated alkanes) is 1. The fourth-order valence-corrected chi connectivity index (χ4v) is 1.00. The topological polar surface area (TPSA) is 64.6 Å². The Morgan fingerprint density at radius 3 is 2.44 bits per heavy atom. The van der Waals surface area contributed by atoms with Gasteiger partial charge in [-0.25, -0.2) is 4.79 Å². The number of hydrogen-bond donors (Lipinski definition) is 1. The molecule has 0 saturated carbocycles. The van der Waals surface area contributed by atoms with Crippen molar-refractivity contribution in [2.75, 3.05) is 13.2 Å². The molecule has 0 aromatic rings. The number of esters is 1. The molecule has 1 amide bonds. The fraction of sp³-hybridized carbons (Fsp3) is 0.692. The molecule has 18 heavy (non-hydrogen) atoms. The maximum atomic E-state index is 11.2. The van der Waals surface area contributed by atoms with Crippen LogP contribution in [-0.2, 0) is 14.3 Å². The van der Waals surface area contributed by atoms with Gasteiger partial charge >= 0.3 is 12.1 Å². The van der Waals surface area contributed by atoms with Gasteiger partial charge in [-0.3, -0.25) is 4.79 Å². The lowest BCUT2D eigenvalue weighted by atomic mass is 10.2. The lowest BCUT2D eigenvalue weighted by Gasteiger charge is -2.19. The van der Waals surface area contributed by atoms with Crippen molar-refractivity contribution in [3.8, 4) is 0 Å². The molecule has 0 atom stereocenters. The quantitative estimate of drug-likeness (QED) is 0.586. The normalized spacial score (nSPS) is 11.3. The molecule has 0 rings (SSSR count). The summed E-state index contributed by atoms with van der Waals surface area (Å²) in [7, 11) is 0. The Kier molecular flexibility index (Phi) is 7.83. The summed E-state index contributed by atoms with van der Waals surface area (Å²) in [5, 5.41) is 2.33. The summed E-state index contributed by atoms with van der Waals surface area (Å²) in [6.07, 6.45) is 5.14. The largest absolute Gasteiger partial charge is 0.460 e. The molecule has 0 aromatic heterocycles. The van der Waals surface area contributed by atoms with Gasteiger partial charge in [-0.15, -0.1) is 0 Å². The summed E-state index contributed by atoms with van der Waals surface area (Å²) < 4.78 is 9.85. The first-order valence-electron chi connectivity index (χ1n) is 6.12. The van der Waals surface area contributed by atoms with Crippen LogP contribution in [0.5, 0.6) is 0 Å². The highest BCUT2D eigenvalue weighted by molar-refractivity contribution is 5.78. The number of hydrogen-bond acceptors (Lipinski definition) is 4. The first-order valence-corrected chi connectivity index (χ1v) is 6.12. The Hall–Kier alpha value is -1.52. The molecule has 1 N–H and O–H groups in total. The summed E-state index contributed by atoms with van der Waals surface area (Å²) >= 11 is 0. The molecular formula is C13H23NO4. The summed E-state index contributed by atoms with van der Waals surface area (Å²) in [5.74, 6) is -0.484. The van der Waals surface area contributed by atoms with Crippen molar-refractivity contribution in [2.24, 2.45) is 0 Å². The van der Waals surface area contributed by atoms with Crippen LogP contribution in [0.2, 0.25) is 0 Å². The lowest BCUT2D eigenvalue weighted by Crippen LogP contribution is -2.36. The van der Waals surface area contributed by atoms with Gasteiger partial charge in [0.05, 0.1) is 0 Å². The second kappa shape index (κ2) is 8.55. The smallest absolute Gasteiger partial charge is 0.408 e. The van der Waals surface area contributed by atoms with Gasteiger partial charge < -0.3 is 14.8 Å². The minimum absolute atomic E-state index is 0.184. The zero-order chi connectivity index (χ0) is 14.0. The highest BCUT2D eigenvalue weighted by Gasteiger charge is 2.16. The van der Waals surface area contributed by atoms with Crippen LogP contribution in [0, 0.1) is 0 Å². The first-order chi connectivity index (χ1) is 8.35. The summed E-state index contributed by atoms with van der Waals surface area (Å²) in [6, 6.07) is 0. The molecule has 0 heterocycles. The van der Waals surface area contributed by atoms with E-state index in [0.29, 0.717) is 0 Å². The summed E-state index contributed by atoms with van der Waals surface area (Å²) in [4.78, 5) is 22.4. The van der Waals surface area contributed by atoms with Crippen LogP contribution in [0.1, 0.15) is 40.5 Å². The number of alkyl carbamates (subject to hydrolysis) is 1. The number of nitrogens with one attached hydrogen (secondary N) is 1. The summed E-state index contributed by atoms with van der Waals surface area (Å²) in [6.45, 7) is 7.38. The van der Waals surface area contributed by atoms with Crippen LogP contribution in [0.25, 0.3) is 0 Å². The molecule has 0 aromatic carbocycles. The van der Waals surface area contributed by atoms with Crippen molar-refractivity contribution in [1.29, 1.82) is 0 Å². The Labute approximate surface area is 109 Å². The number of carbonyl (C=O) groups excluding carboxylic acids is 2. The van der Waals surface area contributed by atoms with Gasteiger partial charge in [0, 0.05) is 0 Å². The molecule has 0 unspecified atom stereocenters. The standard InChI is InChI=1S/C13H23NO4/c1-5-6-7-8-9-17-11(15)10-14-12(16)18-13(2,3)4/h7-8H,5-6,9-10H2,1-4H3,(H,14,16)/b8-7+. The van der Waals surface area contributed by atoms with Gasteiger partial charge in [-0.05, 0) is 27.2 Å². The predicted octanol–water partition coefficient (Wildman–Crippen LogP) is 2.41. The number of allylic oxidation sites excluding steroid dienone is 1. The van der Waals surface area contributed by atoms with E-state index in [1.807, 2.05) is 6.08 Å². The van der Waals surface area contributed by atoms with Gasteiger partial charge in [0.2, 0.25) is 0 Å². The molecule has 5 heteroatoms. The molecule has 0 aliphatic heterocycles. The lowest BCUT2D eigenvalue weighted by molar-refractivity contribution is -0.141.